The van der Waals surface area contributed by atoms with Crippen molar-refractivity contribution in [2.24, 2.45) is 0 Å². The second-order valence-corrected chi connectivity index (χ2v) is 5.40. The SMILES string of the molecule is CN1CCNC(c2nc(CO)c3n2CCCC3)C1. The first-order valence-corrected chi connectivity index (χ1v) is 6.90. The number of fused-ring (bicyclic) bond motifs is 1. The number of hydrogen-bond donors (Lipinski definition) is 2. The molecule has 1 saturated heterocycles. The maximum atomic E-state index is 9.45. The van der Waals surface area contributed by atoms with E-state index in [1.165, 1.54) is 18.5 Å². The second-order valence-electron chi connectivity index (χ2n) is 5.40. The highest BCUT2D eigenvalue weighted by Crippen LogP contribution is 2.25. The van der Waals surface area contributed by atoms with E-state index in [4.69, 9.17) is 4.98 Å². The van der Waals surface area contributed by atoms with Crippen molar-refractivity contribution in [3.8, 4) is 0 Å². The van der Waals surface area contributed by atoms with E-state index in [0.29, 0.717) is 6.04 Å². The Hall–Kier alpha value is -0.910. The van der Waals surface area contributed by atoms with Crippen LogP contribution in [-0.2, 0) is 19.6 Å². The van der Waals surface area contributed by atoms with Gasteiger partial charge in [-0.15, -0.1) is 0 Å². The summed E-state index contributed by atoms with van der Waals surface area (Å²) in [4.78, 5) is 7.03. The average Bonchev–Trinajstić information content (AvgIpc) is 2.77. The molecule has 18 heavy (non-hydrogen) atoms. The summed E-state index contributed by atoms with van der Waals surface area (Å²) < 4.78 is 2.34. The van der Waals surface area contributed by atoms with Crippen LogP contribution in [0.5, 0.6) is 0 Å². The van der Waals surface area contributed by atoms with Crippen LogP contribution in [0.3, 0.4) is 0 Å². The van der Waals surface area contributed by atoms with Crippen LogP contribution in [-0.4, -0.2) is 46.2 Å². The summed E-state index contributed by atoms with van der Waals surface area (Å²) in [5.41, 5.74) is 2.15. The second kappa shape index (κ2) is 4.99. The molecule has 0 spiro atoms. The summed E-state index contributed by atoms with van der Waals surface area (Å²) in [6.45, 7) is 4.23. The minimum Gasteiger partial charge on any atom is -0.390 e. The molecule has 1 aromatic rings. The van der Waals surface area contributed by atoms with E-state index in [1.54, 1.807) is 0 Å². The van der Waals surface area contributed by atoms with Crippen molar-refractivity contribution in [3.63, 3.8) is 0 Å². The van der Waals surface area contributed by atoms with Gasteiger partial charge in [0.05, 0.1) is 18.3 Å². The van der Waals surface area contributed by atoms with Crippen molar-refractivity contribution < 1.29 is 5.11 Å². The zero-order valence-corrected chi connectivity index (χ0v) is 11.0. The lowest BCUT2D eigenvalue weighted by molar-refractivity contribution is 0.230. The summed E-state index contributed by atoms with van der Waals surface area (Å²) in [5.74, 6) is 1.13. The Bertz CT molecular complexity index is 429. The zero-order valence-electron chi connectivity index (χ0n) is 11.0. The summed E-state index contributed by atoms with van der Waals surface area (Å²) in [6, 6.07) is 0.306. The Morgan fingerprint density at radius 2 is 2.28 bits per heavy atom. The number of aliphatic hydroxyl groups excluding tert-OH is 1. The molecular formula is C13H22N4O. The van der Waals surface area contributed by atoms with Crippen LogP contribution in [0.25, 0.3) is 0 Å². The molecule has 1 unspecified atom stereocenters. The van der Waals surface area contributed by atoms with Crippen molar-refractivity contribution in [1.82, 2.24) is 19.8 Å². The first-order valence-electron chi connectivity index (χ1n) is 6.90. The molecule has 0 aromatic carbocycles. The summed E-state index contributed by atoms with van der Waals surface area (Å²) >= 11 is 0. The number of nitrogens with zero attached hydrogens (tertiary/aromatic N) is 3. The van der Waals surface area contributed by atoms with Crippen LogP contribution in [0, 0.1) is 0 Å². The topological polar surface area (TPSA) is 53.3 Å². The van der Waals surface area contributed by atoms with Gasteiger partial charge in [0.1, 0.15) is 5.82 Å². The lowest BCUT2D eigenvalue weighted by Crippen LogP contribution is -2.44. The zero-order chi connectivity index (χ0) is 12.5. The number of rotatable bonds is 2. The van der Waals surface area contributed by atoms with Gasteiger partial charge in [-0.05, 0) is 26.3 Å². The van der Waals surface area contributed by atoms with Crippen LogP contribution in [0.2, 0.25) is 0 Å². The Kier molecular flexibility index (Phi) is 3.37. The third-order valence-corrected chi connectivity index (χ3v) is 4.07. The Morgan fingerprint density at radius 3 is 3.06 bits per heavy atom. The predicted octanol–water partition coefficient (Wildman–Crippen LogP) is 0.288. The highest BCUT2D eigenvalue weighted by Gasteiger charge is 2.27. The minimum atomic E-state index is 0.0674. The van der Waals surface area contributed by atoms with Crippen LogP contribution in [0.1, 0.15) is 36.1 Å². The van der Waals surface area contributed by atoms with E-state index in [0.717, 1.165) is 44.1 Å². The Balaban J connectivity index is 1.93. The number of imidazole rings is 1. The Labute approximate surface area is 108 Å². The predicted molar refractivity (Wildman–Crippen MR) is 69.3 cm³/mol. The molecule has 2 aliphatic rings. The summed E-state index contributed by atoms with van der Waals surface area (Å²) in [5, 5.41) is 13.0. The van der Waals surface area contributed by atoms with Crippen molar-refractivity contribution >= 4 is 0 Å². The van der Waals surface area contributed by atoms with Crippen LogP contribution in [0.4, 0.5) is 0 Å². The molecule has 100 valence electrons. The van der Waals surface area contributed by atoms with Gasteiger partial charge >= 0.3 is 0 Å². The van der Waals surface area contributed by atoms with E-state index in [-0.39, 0.29) is 6.61 Å². The first kappa shape index (κ1) is 12.1. The van der Waals surface area contributed by atoms with Gasteiger partial charge in [0.25, 0.3) is 0 Å². The van der Waals surface area contributed by atoms with Crippen LogP contribution >= 0.6 is 0 Å². The fourth-order valence-electron chi connectivity index (χ4n) is 3.11. The molecule has 1 atom stereocenters. The van der Waals surface area contributed by atoms with Crippen molar-refractivity contribution in [1.29, 1.82) is 0 Å². The normalized spacial score (nSPS) is 25.1. The van der Waals surface area contributed by atoms with Gasteiger partial charge in [-0.3, -0.25) is 0 Å². The molecule has 2 N–H and O–H groups in total. The smallest absolute Gasteiger partial charge is 0.127 e. The van der Waals surface area contributed by atoms with Crippen LogP contribution < -0.4 is 5.32 Å². The van der Waals surface area contributed by atoms with Gasteiger partial charge in [0, 0.05) is 31.9 Å². The van der Waals surface area contributed by atoms with E-state index in [9.17, 15) is 5.11 Å². The molecule has 3 rings (SSSR count). The molecule has 0 saturated carbocycles. The molecule has 0 amide bonds. The van der Waals surface area contributed by atoms with Gasteiger partial charge in [0.2, 0.25) is 0 Å². The number of hydrogen-bond acceptors (Lipinski definition) is 4. The largest absolute Gasteiger partial charge is 0.390 e. The molecule has 1 aromatic heterocycles. The average molecular weight is 250 g/mol. The molecular weight excluding hydrogens is 228 g/mol. The highest BCUT2D eigenvalue weighted by molar-refractivity contribution is 5.21. The standard InChI is InChI=1S/C13H22N4O/c1-16-7-5-14-10(8-16)13-15-11(9-18)12-4-2-3-6-17(12)13/h10,14,18H,2-9H2,1H3. The van der Waals surface area contributed by atoms with Crippen LogP contribution in [0.15, 0.2) is 0 Å². The monoisotopic (exact) mass is 250 g/mol. The van der Waals surface area contributed by atoms with Gasteiger partial charge in [-0.2, -0.15) is 0 Å². The Morgan fingerprint density at radius 1 is 1.39 bits per heavy atom. The van der Waals surface area contributed by atoms with Crippen molar-refractivity contribution in [2.45, 2.75) is 38.5 Å². The number of likely N-dealkylation sites (N-methyl/N-ethyl adjacent to an activating group) is 1. The minimum absolute atomic E-state index is 0.0674. The number of nitrogens with one attached hydrogen (secondary N) is 1. The molecule has 5 heteroatoms. The first-order chi connectivity index (χ1) is 8.79. The van der Waals surface area contributed by atoms with Gasteiger partial charge in [-0.1, -0.05) is 0 Å². The van der Waals surface area contributed by atoms with Crippen molar-refractivity contribution in [2.75, 3.05) is 26.7 Å². The van der Waals surface area contributed by atoms with Crippen molar-refractivity contribution in [3.05, 3.63) is 17.2 Å². The van der Waals surface area contributed by atoms with Gasteiger partial charge < -0.3 is 19.9 Å². The fraction of sp³-hybridized carbons (Fsp3) is 0.769. The molecule has 0 bridgehead atoms. The molecule has 5 nitrogen and oxygen atoms in total. The molecule has 1 fully saturated rings. The molecule has 0 aliphatic carbocycles. The number of aromatic nitrogens is 2. The third-order valence-electron chi connectivity index (χ3n) is 4.07. The summed E-state index contributed by atoms with van der Waals surface area (Å²) in [7, 11) is 2.15. The summed E-state index contributed by atoms with van der Waals surface area (Å²) in [6.07, 6.45) is 3.51. The number of piperazine rings is 1. The van der Waals surface area contributed by atoms with E-state index < -0.39 is 0 Å². The van der Waals surface area contributed by atoms with Gasteiger partial charge in [-0.25, -0.2) is 4.98 Å². The van der Waals surface area contributed by atoms with E-state index in [1.807, 2.05) is 0 Å². The van der Waals surface area contributed by atoms with Gasteiger partial charge in [0.15, 0.2) is 0 Å². The lowest BCUT2D eigenvalue weighted by Gasteiger charge is -2.31. The highest BCUT2D eigenvalue weighted by atomic mass is 16.3. The fourth-order valence-corrected chi connectivity index (χ4v) is 3.11. The third kappa shape index (κ3) is 2.06. The maximum absolute atomic E-state index is 9.45. The number of aliphatic hydroxyl groups is 1. The van der Waals surface area contributed by atoms with E-state index >= 15 is 0 Å². The lowest BCUT2D eigenvalue weighted by atomic mass is 10.1. The van der Waals surface area contributed by atoms with E-state index in [2.05, 4.69) is 21.8 Å². The molecule has 0 radical (unpaired) electrons. The quantitative estimate of drug-likeness (QED) is 0.792. The maximum Gasteiger partial charge on any atom is 0.127 e. The molecule has 3 heterocycles. The molecule has 2 aliphatic heterocycles.